The topological polar surface area (TPSA) is 106 Å². The molecular formula is C12H14N2O4S3. The van der Waals surface area contributed by atoms with Gasteiger partial charge in [0.25, 0.3) is 10.0 Å². The molecule has 2 rings (SSSR count). The number of primary sulfonamides is 1. The molecule has 1 heterocycles. The second kappa shape index (κ2) is 5.41. The molecule has 0 radical (unpaired) electrons. The smallest absolute Gasteiger partial charge is 0.271 e. The maximum Gasteiger partial charge on any atom is 0.271 e. The molecule has 0 unspecified atom stereocenters. The number of rotatable bonds is 4. The zero-order chi connectivity index (χ0) is 15.8. The Hall–Kier alpha value is -1.42. The minimum absolute atomic E-state index is 0.106. The van der Waals surface area contributed by atoms with Crippen LogP contribution in [-0.4, -0.2) is 16.8 Å². The monoisotopic (exact) mass is 346 g/mol. The summed E-state index contributed by atoms with van der Waals surface area (Å²) in [7, 11) is -7.64. The predicted octanol–water partition coefficient (Wildman–Crippen LogP) is 1.81. The standard InChI is InChI=1S/C12H14N2O4S3/c1-8-3-5-10(7-11(8)20(13,15)16)14-21(17,18)12-6-4-9(2)19-12/h3-7,14H,1-2H3,(H2,13,15,16). The Kier molecular flexibility index (Phi) is 4.11. The highest BCUT2D eigenvalue weighted by molar-refractivity contribution is 7.94. The van der Waals surface area contributed by atoms with Crippen LogP contribution in [0.2, 0.25) is 0 Å². The predicted molar refractivity (Wildman–Crippen MR) is 82.4 cm³/mol. The molecule has 0 saturated heterocycles. The molecule has 6 nitrogen and oxygen atoms in total. The van der Waals surface area contributed by atoms with E-state index in [0.29, 0.717) is 5.56 Å². The molecule has 0 aliphatic rings. The van der Waals surface area contributed by atoms with E-state index < -0.39 is 20.0 Å². The van der Waals surface area contributed by atoms with Crippen LogP contribution in [0.4, 0.5) is 5.69 Å². The van der Waals surface area contributed by atoms with Gasteiger partial charge in [0.2, 0.25) is 10.0 Å². The maximum atomic E-state index is 12.2. The van der Waals surface area contributed by atoms with Crippen LogP contribution in [0.3, 0.4) is 0 Å². The summed E-state index contributed by atoms with van der Waals surface area (Å²) in [6, 6.07) is 7.39. The number of nitrogens with two attached hydrogens (primary N) is 1. The lowest BCUT2D eigenvalue weighted by Gasteiger charge is -2.09. The van der Waals surface area contributed by atoms with Gasteiger partial charge in [-0.15, -0.1) is 11.3 Å². The number of thiophene rings is 1. The molecule has 21 heavy (non-hydrogen) atoms. The van der Waals surface area contributed by atoms with E-state index in [1.807, 2.05) is 0 Å². The molecule has 0 spiro atoms. The fourth-order valence-electron chi connectivity index (χ4n) is 1.73. The summed E-state index contributed by atoms with van der Waals surface area (Å²) in [5, 5.41) is 5.10. The number of hydrogen-bond donors (Lipinski definition) is 2. The van der Waals surface area contributed by atoms with Crippen molar-refractivity contribution < 1.29 is 16.8 Å². The molecule has 0 bridgehead atoms. The van der Waals surface area contributed by atoms with E-state index in [0.717, 1.165) is 16.2 Å². The SMILES string of the molecule is Cc1ccc(S(=O)(=O)Nc2ccc(C)c(S(N)(=O)=O)c2)s1. The Morgan fingerprint density at radius 2 is 1.71 bits per heavy atom. The molecule has 114 valence electrons. The van der Waals surface area contributed by atoms with Crippen molar-refractivity contribution in [3.63, 3.8) is 0 Å². The van der Waals surface area contributed by atoms with Crippen LogP contribution in [-0.2, 0) is 20.0 Å². The second-order valence-corrected chi connectivity index (χ2v) is 9.22. The van der Waals surface area contributed by atoms with Crippen molar-refractivity contribution in [2.75, 3.05) is 4.72 Å². The van der Waals surface area contributed by atoms with Crippen molar-refractivity contribution in [1.82, 2.24) is 0 Å². The first-order valence-electron chi connectivity index (χ1n) is 5.82. The summed E-state index contributed by atoms with van der Waals surface area (Å²) in [5.41, 5.74) is 0.600. The third-order valence-electron chi connectivity index (χ3n) is 2.73. The van der Waals surface area contributed by atoms with E-state index in [4.69, 9.17) is 5.14 Å². The summed E-state index contributed by atoms with van der Waals surface area (Å²) in [5.74, 6) is 0. The lowest BCUT2D eigenvalue weighted by molar-refractivity contribution is 0.596. The zero-order valence-corrected chi connectivity index (χ0v) is 13.8. The van der Waals surface area contributed by atoms with Crippen LogP contribution in [0.25, 0.3) is 0 Å². The third kappa shape index (κ3) is 3.62. The van der Waals surface area contributed by atoms with Crippen LogP contribution >= 0.6 is 11.3 Å². The van der Waals surface area contributed by atoms with E-state index in [1.165, 1.54) is 24.3 Å². The first kappa shape index (κ1) is 16.0. The van der Waals surface area contributed by atoms with Gasteiger partial charge >= 0.3 is 0 Å². The number of aryl methyl sites for hydroxylation is 2. The van der Waals surface area contributed by atoms with E-state index in [9.17, 15) is 16.8 Å². The van der Waals surface area contributed by atoms with Gasteiger partial charge in [-0.3, -0.25) is 4.72 Å². The fraction of sp³-hybridized carbons (Fsp3) is 0.167. The Morgan fingerprint density at radius 1 is 1.05 bits per heavy atom. The van der Waals surface area contributed by atoms with E-state index >= 15 is 0 Å². The van der Waals surface area contributed by atoms with Crippen molar-refractivity contribution in [3.8, 4) is 0 Å². The van der Waals surface area contributed by atoms with E-state index in [1.54, 1.807) is 19.9 Å². The van der Waals surface area contributed by atoms with Crippen molar-refractivity contribution in [2.45, 2.75) is 23.0 Å². The first-order valence-corrected chi connectivity index (χ1v) is 9.67. The van der Waals surface area contributed by atoms with Crippen LogP contribution in [0.5, 0.6) is 0 Å². The molecule has 2 aromatic rings. The molecule has 3 N–H and O–H groups in total. The Bertz CT molecular complexity index is 883. The number of sulfonamides is 2. The van der Waals surface area contributed by atoms with Crippen LogP contribution in [0.1, 0.15) is 10.4 Å². The molecule has 1 aromatic heterocycles. The molecule has 1 aromatic carbocycles. The van der Waals surface area contributed by atoms with Gasteiger partial charge in [-0.2, -0.15) is 0 Å². The molecule has 0 atom stereocenters. The van der Waals surface area contributed by atoms with Crippen LogP contribution in [0, 0.1) is 13.8 Å². The summed E-state index contributed by atoms with van der Waals surface area (Å²) >= 11 is 1.13. The minimum atomic E-state index is -3.90. The third-order valence-corrected chi connectivity index (χ3v) is 6.65. The van der Waals surface area contributed by atoms with Gasteiger partial charge in [-0.1, -0.05) is 6.07 Å². The van der Waals surface area contributed by atoms with Crippen molar-refractivity contribution >= 4 is 37.1 Å². The molecular weight excluding hydrogens is 332 g/mol. The van der Waals surface area contributed by atoms with Gasteiger partial charge in [-0.25, -0.2) is 22.0 Å². The van der Waals surface area contributed by atoms with Crippen LogP contribution < -0.4 is 9.86 Å². The van der Waals surface area contributed by atoms with Gasteiger partial charge < -0.3 is 0 Å². The van der Waals surface area contributed by atoms with E-state index in [2.05, 4.69) is 4.72 Å². The van der Waals surface area contributed by atoms with Crippen molar-refractivity contribution in [2.24, 2.45) is 5.14 Å². The maximum absolute atomic E-state index is 12.2. The Balaban J connectivity index is 2.41. The second-order valence-electron chi connectivity index (χ2n) is 4.50. The number of hydrogen-bond acceptors (Lipinski definition) is 5. The average molecular weight is 346 g/mol. The molecule has 0 amide bonds. The largest absolute Gasteiger partial charge is 0.279 e. The molecule has 0 saturated carbocycles. The zero-order valence-electron chi connectivity index (χ0n) is 11.3. The van der Waals surface area contributed by atoms with E-state index in [-0.39, 0.29) is 14.8 Å². The summed E-state index contributed by atoms with van der Waals surface area (Å²) < 4.78 is 49.8. The summed E-state index contributed by atoms with van der Waals surface area (Å²) in [6.07, 6.45) is 0. The van der Waals surface area contributed by atoms with Gasteiger partial charge in [0, 0.05) is 4.88 Å². The molecule has 9 heteroatoms. The Labute approximate surface area is 127 Å². The number of anilines is 1. The first-order chi connectivity index (χ1) is 9.59. The summed E-state index contributed by atoms with van der Waals surface area (Å²) in [6.45, 7) is 3.38. The minimum Gasteiger partial charge on any atom is -0.279 e. The fourth-order valence-corrected chi connectivity index (χ4v) is 4.87. The van der Waals surface area contributed by atoms with Gasteiger partial charge in [0.1, 0.15) is 4.21 Å². The molecule has 0 fully saturated rings. The molecule has 0 aliphatic heterocycles. The van der Waals surface area contributed by atoms with Crippen molar-refractivity contribution in [3.05, 3.63) is 40.8 Å². The summed E-state index contributed by atoms with van der Waals surface area (Å²) in [4.78, 5) is 0.759. The normalized spacial score (nSPS) is 12.3. The van der Waals surface area contributed by atoms with Gasteiger partial charge in [0.15, 0.2) is 0 Å². The van der Waals surface area contributed by atoms with Gasteiger partial charge in [-0.05, 0) is 43.7 Å². The highest BCUT2D eigenvalue weighted by Crippen LogP contribution is 2.25. The highest BCUT2D eigenvalue weighted by atomic mass is 32.2. The number of benzene rings is 1. The lowest BCUT2D eigenvalue weighted by atomic mass is 10.2. The quantitative estimate of drug-likeness (QED) is 0.880. The van der Waals surface area contributed by atoms with Gasteiger partial charge in [0.05, 0.1) is 10.6 Å². The highest BCUT2D eigenvalue weighted by Gasteiger charge is 2.18. The van der Waals surface area contributed by atoms with Crippen molar-refractivity contribution in [1.29, 1.82) is 0 Å². The number of nitrogens with one attached hydrogen (secondary N) is 1. The van der Waals surface area contributed by atoms with Crippen LogP contribution in [0.15, 0.2) is 39.4 Å². The molecule has 0 aliphatic carbocycles. The Morgan fingerprint density at radius 3 is 2.24 bits per heavy atom. The average Bonchev–Trinajstić information content (AvgIpc) is 2.77. The lowest BCUT2D eigenvalue weighted by Crippen LogP contribution is -2.16.